The SMILES string of the molecule is CC(C)(c1ccccc1)n1cc(I)c2c(N)ncnc21. The lowest BCUT2D eigenvalue weighted by atomic mass is 9.94. The lowest BCUT2D eigenvalue weighted by Gasteiger charge is -2.28. The van der Waals surface area contributed by atoms with Gasteiger partial charge in [-0.1, -0.05) is 30.3 Å². The highest BCUT2D eigenvalue weighted by atomic mass is 127. The van der Waals surface area contributed by atoms with Gasteiger partial charge in [-0.05, 0) is 42.0 Å². The third-order valence-corrected chi connectivity index (χ3v) is 4.47. The Bertz CT molecular complexity index is 762. The maximum absolute atomic E-state index is 5.98. The molecule has 0 aliphatic carbocycles. The monoisotopic (exact) mass is 378 g/mol. The molecule has 0 fully saturated rings. The summed E-state index contributed by atoms with van der Waals surface area (Å²) >= 11 is 2.28. The molecule has 0 unspecified atom stereocenters. The molecule has 3 aromatic rings. The van der Waals surface area contributed by atoms with Crippen molar-refractivity contribution in [1.29, 1.82) is 0 Å². The fraction of sp³-hybridized carbons (Fsp3) is 0.200. The molecule has 0 amide bonds. The average Bonchev–Trinajstić information content (AvgIpc) is 2.79. The molecule has 4 nitrogen and oxygen atoms in total. The van der Waals surface area contributed by atoms with E-state index in [1.54, 1.807) is 0 Å². The molecule has 3 rings (SSSR count). The Morgan fingerprint density at radius 3 is 2.55 bits per heavy atom. The number of benzene rings is 1. The lowest BCUT2D eigenvalue weighted by molar-refractivity contribution is 0.448. The molecule has 2 N–H and O–H groups in total. The van der Waals surface area contributed by atoms with Crippen molar-refractivity contribution in [3.8, 4) is 0 Å². The smallest absolute Gasteiger partial charge is 0.147 e. The van der Waals surface area contributed by atoms with E-state index in [2.05, 4.69) is 81.4 Å². The van der Waals surface area contributed by atoms with Crippen LogP contribution in [0.1, 0.15) is 19.4 Å². The summed E-state index contributed by atoms with van der Waals surface area (Å²) in [4.78, 5) is 8.51. The van der Waals surface area contributed by atoms with Gasteiger partial charge in [-0.2, -0.15) is 0 Å². The summed E-state index contributed by atoms with van der Waals surface area (Å²) < 4.78 is 3.23. The number of nitrogens with zero attached hydrogens (tertiary/aromatic N) is 3. The normalized spacial score (nSPS) is 11.9. The standard InChI is InChI=1S/C15H15IN4/c1-15(2,10-6-4-3-5-7-10)20-8-11(16)12-13(17)18-9-19-14(12)20/h3-9H,1-2H3,(H2,17,18,19). The van der Waals surface area contributed by atoms with Crippen molar-refractivity contribution >= 4 is 39.4 Å². The molecule has 0 aliphatic rings. The van der Waals surface area contributed by atoms with Gasteiger partial charge < -0.3 is 10.3 Å². The van der Waals surface area contributed by atoms with Crippen LogP contribution in [0, 0.1) is 3.57 Å². The molecule has 1 aromatic carbocycles. The van der Waals surface area contributed by atoms with Crippen molar-refractivity contribution in [1.82, 2.24) is 14.5 Å². The number of nitrogen functional groups attached to an aromatic ring is 1. The molecular weight excluding hydrogens is 363 g/mol. The Labute approximate surface area is 131 Å². The van der Waals surface area contributed by atoms with Gasteiger partial charge in [0.15, 0.2) is 0 Å². The van der Waals surface area contributed by atoms with E-state index in [9.17, 15) is 0 Å². The van der Waals surface area contributed by atoms with Crippen molar-refractivity contribution in [3.63, 3.8) is 0 Å². The van der Waals surface area contributed by atoms with Crippen LogP contribution >= 0.6 is 22.6 Å². The number of halogens is 1. The summed E-state index contributed by atoms with van der Waals surface area (Å²) in [5, 5.41) is 0.928. The maximum Gasteiger partial charge on any atom is 0.147 e. The van der Waals surface area contributed by atoms with Crippen molar-refractivity contribution in [2.45, 2.75) is 19.4 Å². The minimum Gasteiger partial charge on any atom is -0.383 e. The first-order valence-corrected chi connectivity index (χ1v) is 7.42. The fourth-order valence-electron chi connectivity index (χ4n) is 2.45. The number of aromatic nitrogens is 3. The minimum absolute atomic E-state index is 0.205. The van der Waals surface area contributed by atoms with E-state index in [1.807, 2.05) is 6.07 Å². The van der Waals surface area contributed by atoms with Gasteiger partial charge in [0.25, 0.3) is 0 Å². The number of nitrogens with two attached hydrogens (primary N) is 1. The van der Waals surface area contributed by atoms with E-state index in [4.69, 9.17) is 5.73 Å². The zero-order valence-electron chi connectivity index (χ0n) is 11.3. The highest BCUT2D eigenvalue weighted by Gasteiger charge is 2.26. The van der Waals surface area contributed by atoms with Gasteiger partial charge in [-0.3, -0.25) is 0 Å². The van der Waals surface area contributed by atoms with Crippen LogP contribution < -0.4 is 5.73 Å². The third kappa shape index (κ3) is 1.96. The molecule has 102 valence electrons. The summed E-state index contributed by atoms with van der Waals surface area (Å²) in [5.74, 6) is 0.530. The molecule has 0 atom stereocenters. The number of hydrogen-bond acceptors (Lipinski definition) is 3. The first-order chi connectivity index (χ1) is 9.51. The predicted molar refractivity (Wildman–Crippen MR) is 89.5 cm³/mol. The Kier molecular flexibility index (Phi) is 3.16. The average molecular weight is 378 g/mol. The van der Waals surface area contributed by atoms with E-state index < -0.39 is 0 Å². The summed E-state index contributed by atoms with van der Waals surface area (Å²) in [6.07, 6.45) is 3.61. The Morgan fingerprint density at radius 2 is 1.85 bits per heavy atom. The van der Waals surface area contributed by atoms with Crippen LogP contribution in [0.15, 0.2) is 42.9 Å². The molecule has 5 heteroatoms. The largest absolute Gasteiger partial charge is 0.383 e. The molecule has 2 heterocycles. The van der Waals surface area contributed by atoms with Gasteiger partial charge in [-0.15, -0.1) is 0 Å². The van der Waals surface area contributed by atoms with Crippen LogP contribution in [0.25, 0.3) is 11.0 Å². The van der Waals surface area contributed by atoms with E-state index in [1.165, 1.54) is 11.9 Å². The second kappa shape index (κ2) is 4.73. The fourth-order valence-corrected chi connectivity index (χ4v) is 3.25. The van der Waals surface area contributed by atoms with Gasteiger partial charge in [-0.25, -0.2) is 9.97 Å². The second-order valence-electron chi connectivity index (χ2n) is 5.23. The van der Waals surface area contributed by atoms with Crippen LogP contribution in [0.5, 0.6) is 0 Å². The van der Waals surface area contributed by atoms with Crippen molar-refractivity contribution in [2.75, 3.05) is 5.73 Å². The quantitative estimate of drug-likeness (QED) is 0.696. The zero-order chi connectivity index (χ0) is 14.3. The highest BCUT2D eigenvalue weighted by Crippen LogP contribution is 2.33. The topological polar surface area (TPSA) is 56.7 Å². The van der Waals surface area contributed by atoms with Crippen LogP contribution in [-0.4, -0.2) is 14.5 Å². The van der Waals surface area contributed by atoms with Gasteiger partial charge in [0.1, 0.15) is 17.8 Å². The van der Waals surface area contributed by atoms with E-state index in [0.717, 1.165) is 14.6 Å². The van der Waals surface area contributed by atoms with Gasteiger partial charge >= 0.3 is 0 Å². The molecule has 0 radical (unpaired) electrons. The van der Waals surface area contributed by atoms with E-state index in [0.29, 0.717) is 5.82 Å². The van der Waals surface area contributed by atoms with Crippen LogP contribution in [0.4, 0.5) is 5.82 Å². The third-order valence-electron chi connectivity index (χ3n) is 3.65. The number of anilines is 1. The summed E-state index contributed by atoms with van der Waals surface area (Å²) in [7, 11) is 0. The molecule has 0 aliphatic heterocycles. The summed E-state index contributed by atoms with van der Waals surface area (Å²) in [6, 6.07) is 10.4. The van der Waals surface area contributed by atoms with Crippen LogP contribution in [0.2, 0.25) is 0 Å². The number of fused-ring (bicyclic) bond motifs is 1. The van der Waals surface area contributed by atoms with E-state index in [-0.39, 0.29) is 5.54 Å². The predicted octanol–water partition coefficient (Wildman–Crippen LogP) is 3.40. The summed E-state index contributed by atoms with van der Waals surface area (Å²) in [5.41, 5.74) is 7.88. The number of rotatable bonds is 2. The highest BCUT2D eigenvalue weighted by molar-refractivity contribution is 14.1. The molecular formula is C15H15IN4. The van der Waals surface area contributed by atoms with Crippen molar-refractivity contribution < 1.29 is 0 Å². The Hall–Kier alpha value is -1.63. The van der Waals surface area contributed by atoms with Crippen molar-refractivity contribution in [3.05, 3.63) is 52.0 Å². The molecule has 0 spiro atoms. The van der Waals surface area contributed by atoms with Crippen LogP contribution in [-0.2, 0) is 5.54 Å². The first kappa shape index (κ1) is 13.4. The molecule has 0 bridgehead atoms. The Morgan fingerprint density at radius 1 is 1.15 bits per heavy atom. The summed E-state index contributed by atoms with van der Waals surface area (Å²) in [6.45, 7) is 4.35. The molecule has 2 aromatic heterocycles. The minimum atomic E-state index is -0.205. The number of hydrogen-bond donors (Lipinski definition) is 1. The zero-order valence-corrected chi connectivity index (χ0v) is 13.5. The van der Waals surface area contributed by atoms with Gasteiger partial charge in [0.2, 0.25) is 0 Å². The van der Waals surface area contributed by atoms with Gasteiger partial charge in [0, 0.05) is 9.77 Å². The van der Waals surface area contributed by atoms with Crippen LogP contribution in [0.3, 0.4) is 0 Å². The second-order valence-corrected chi connectivity index (χ2v) is 6.39. The molecule has 20 heavy (non-hydrogen) atoms. The van der Waals surface area contributed by atoms with E-state index >= 15 is 0 Å². The Balaban J connectivity index is 2.28. The molecule has 0 saturated carbocycles. The maximum atomic E-state index is 5.98. The molecule has 0 saturated heterocycles. The first-order valence-electron chi connectivity index (χ1n) is 6.35. The lowest BCUT2D eigenvalue weighted by Crippen LogP contribution is -2.27. The van der Waals surface area contributed by atoms with Gasteiger partial charge in [0.05, 0.1) is 10.9 Å². The van der Waals surface area contributed by atoms with Crippen molar-refractivity contribution in [2.24, 2.45) is 0 Å².